The predicted octanol–water partition coefficient (Wildman–Crippen LogP) is 2.74. The highest BCUT2D eigenvalue weighted by molar-refractivity contribution is 7.11. The van der Waals surface area contributed by atoms with Crippen LogP contribution in [0.1, 0.15) is 26.5 Å². The Morgan fingerprint density at radius 2 is 2.08 bits per heavy atom. The molecule has 1 amide bonds. The van der Waals surface area contributed by atoms with Crippen LogP contribution in [-0.2, 0) is 16.1 Å². The molecule has 5 nitrogen and oxygen atoms in total. The number of nitrogens with one attached hydrogen (secondary N) is 1. The van der Waals surface area contributed by atoms with Gasteiger partial charge in [0.15, 0.2) is 0 Å². The standard InChI is InChI=1S/C19H21FN2O3S/c1-12-7-8-14(26-12)11-22-10-13(9-17(22)19(24)25-2)21-18(23)15-5-3-4-6-16(15)20/h3-8,13,17H,9-11H2,1-2H3,(H,21,23)/t13-,17-/m0/s1. The zero-order valence-electron chi connectivity index (χ0n) is 14.7. The van der Waals surface area contributed by atoms with Gasteiger partial charge in [-0.1, -0.05) is 12.1 Å². The fourth-order valence-electron chi connectivity index (χ4n) is 3.24. The van der Waals surface area contributed by atoms with Gasteiger partial charge in [0, 0.05) is 28.9 Å². The number of benzene rings is 1. The number of aryl methyl sites for hydroxylation is 1. The second kappa shape index (κ2) is 7.97. The van der Waals surface area contributed by atoms with Gasteiger partial charge in [0.1, 0.15) is 11.9 Å². The molecule has 3 rings (SSSR count). The third-order valence-electron chi connectivity index (χ3n) is 4.49. The molecular formula is C19H21FN2O3S. The van der Waals surface area contributed by atoms with Gasteiger partial charge in [0.05, 0.1) is 12.7 Å². The van der Waals surface area contributed by atoms with Crippen LogP contribution in [0, 0.1) is 12.7 Å². The van der Waals surface area contributed by atoms with Crippen molar-refractivity contribution in [3.8, 4) is 0 Å². The van der Waals surface area contributed by atoms with Gasteiger partial charge in [-0.15, -0.1) is 11.3 Å². The van der Waals surface area contributed by atoms with Gasteiger partial charge >= 0.3 is 5.97 Å². The third kappa shape index (κ3) is 4.11. The number of ether oxygens (including phenoxy) is 1. The lowest BCUT2D eigenvalue weighted by molar-refractivity contribution is -0.146. The maximum Gasteiger partial charge on any atom is 0.323 e. The van der Waals surface area contributed by atoms with Crippen molar-refractivity contribution in [3.05, 3.63) is 57.5 Å². The molecule has 26 heavy (non-hydrogen) atoms. The Bertz CT molecular complexity index is 808. The molecule has 138 valence electrons. The largest absolute Gasteiger partial charge is 0.468 e. The molecule has 1 fully saturated rings. The van der Waals surface area contributed by atoms with E-state index in [2.05, 4.69) is 5.32 Å². The summed E-state index contributed by atoms with van der Waals surface area (Å²) >= 11 is 1.68. The van der Waals surface area contributed by atoms with Crippen molar-refractivity contribution < 1.29 is 18.7 Å². The summed E-state index contributed by atoms with van der Waals surface area (Å²) in [6.45, 7) is 3.16. The highest BCUT2D eigenvalue weighted by atomic mass is 32.1. The molecule has 1 N–H and O–H groups in total. The number of nitrogens with zero attached hydrogens (tertiary/aromatic N) is 1. The minimum Gasteiger partial charge on any atom is -0.468 e. The van der Waals surface area contributed by atoms with Crippen LogP contribution in [0.25, 0.3) is 0 Å². The zero-order valence-corrected chi connectivity index (χ0v) is 15.5. The number of halogens is 1. The first-order valence-corrected chi connectivity index (χ1v) is 9.22. The van der Waals surface area contributed by atoms with Crippen molar-refractivity contribution >= 4 is 23.2 Å². The molecule has 7 heteroatoms. The summed E-state index contributed by atoms with van der Waals surface area (Å²) < 4.78 is 18.7. The van der Waals surface area contributed by atoms with Crippen molar-refractivity contribution in [1.29, 1.82) is 0 Å². The number of rotatable bonds is 5. The first-order chi connectivity index (χ1) is 12.5. The minimum atomic E-state index is -0.557. The average molecular weight is 376 g/mol. The molecule has 0 aliphatic carbocycles. The lowest BCUT2D eigenvalue weighted by Gasteiger charge is -2.21. The summed E-state index contributed by atoms with van der Waals surface area (Å²) in [6.07, 6.45) is 0.442. The number of esters is 1. The fraction of sp³-hybridized carbons (Fsp3) is 0.368. The van der Waals surface area contributed by atoms with Crippen molar-refractivity contribution in [2.24, 2.45) is 0 Å². The van der Waals surface area contributed by atoms with E-state index < -0.39 is 17.8 Å². The highest BCUT2D eigenvalue weighted by Gasteiger charge is 2.38. The SMILES string of the molecule is COC(=O)[C@@H]1C[C@H](NC(=O)c2ccccc2F)CN1Cc1ccc(C)s1. The van der Waals surface area contributed by atoms with Crippen LogP contribution >= 0.6 is 11.3 Å². The zero-order chi connectivity index (χ0) is 18.7. The van der Waals surface area contributed by atoms with Crippen LogP contribution in [0.2, 0.25) is 0 Å². The van der Waals surface area contributed by atoms with Crippen LogP contribution in [0.4, 0.5) is 4.39 Å². The Balaban J connectivity index is 1.70. The monoisotopic (exact) mass is 376 g/mol. The maximum atomic E-state index is 13.8. The van der Waals surface area contributed by atoms with Crippen LogP contribution in [0.5, 0.6) is 0 Å². The summed E-state index contributed by atoms with van der Waals surface area (Å²) in [5.74, 6) is -1.34. The summed E-state index contributed by atoms with van der Waals surface area (Å²) in [7, 11) is 1.36. The van der Waals surface area contributed by atoms with Gasteiger partial charge in [0.25, 0.3) is 5.91 Å². The van der Waals surface area contributed by atoms with E-state index in [1.165, 1.54) is 24.1 Å². The summed E-state index contributed by atoms with van der Waals surface area (Å²) in [5, 5.41) is 2.84. The average Bonchev–Trinajstić information content (AvgIpc) is 3.20. The number of amides is 1. The molecule has 0 spiro atoms. The summed E-state index contributed by atoms with van der Waals surface area (Å²) in [4.78, 5) is 28.9. The van der Waals surface area contributed by atoms with Crippen LogP contribution in [0.3, 0.4) is 0 Å². The van der Waals surface area contributed by atoms with Crippen molar-refractivity contribution in [3.63, 3.8) is 0 Å². The van der Waals surface area contributed by atoms with Crippen LogP contribution < -0.4 is 5.32 Å². The quantitative estimate of drug-likeness (QED) is 0.816. The number of carbonyl (C=O) groups is 2. The van der Waals surface area contributed by atoms with E-state index in [1.807, 2.05) is 24.0 Å². The first kappa shape index (κ1) is 18.5. The Labute approximate surface area is 155 Å². The Morgan fingerprint density at radius 1 is 1.31 bits per heavy atom. The van der Waals surface area contributed by atoms with E-state index in [-0.39, 0.29) is 17.6 Å². The van der Waals surface area contributed by atoms with E-state index in [1.54, 1.807) is 23.5 Å². The minimum absolute atomic E-state index is 0.00875. The second-order valence-electron chi connectivity index (χ2n) is 6.37. The highest BCUT2D eigenvalue weighted by Crippen LogP contribution is 2.25. The number of carbonyl (C=O) groups excluding carboxylic acids is 2. The number of likely N-dealkylation sites (tertiary alicyclic amines) is 1. The molecule has 1 aromatic carbocycles. The molecule has 2 heterocycles. The van der Waals surface area contributed by atoms with E-state index in [0.29, 0.717) is 19.5 Å². The molecular weight excluding hydrogens is 355 g/mol. The smallest absolute Gasteiger partial charge is 0.323 e. The maximum absolute atomic E-state index is 13.8. The van der Waals surface area contributed by atoms with Crippen molar-refractivity contribution in [2.75, 3.05) is 13.7 Å². The summed E-state index contributed by atoms with van der Waals surface area (Å²) in [5.41, 5.74) is 0.00875. The topological polar surface area (TPSA) is 58.6 Å². The molecule has 1 aromatic heterocycles. The van der Waals surface area contributed by atoms with Gasteiger partial charge in [-0.2, -0.15) is 0 Å². The lowest BCUT2D eigenvalue weighted by Crippen LogP contribution is -2.37. The molecule has 1 aliphatic heterocycles. The van der Waals surface area contributed by atoms with Gasteiger partial charge in [0.2, 0.25) is 0 Å². The molecule has 0 radical (unpaired) electrons. The number of hydrogen-bond donors (Lipinski definition) is 1. The normalized spacial score (nSPS) is 20.1. The van der Waals surface area contributed by atoms with E-state index >= 15 is 0 Å². The second-order valence-corrected chi connectivity index (χ2v) is 7.74. The van der Waals surface area contributed by atoms with Crippen LogP contribution in [0.15, 0.2) is 36.4 Å². The number of hydrogen-bond acceptors (Lipinski definition) is 5. The van der Waals surface area contributed by atoms with E-state index in [4.69, 9.17) is 4.74 Å². The first-order valence-electron chi connectivity index (χ1n) is 8.40. The molecule has 2 aromatic rings. The van der Waals surface area contributed by atoms with Crippen molar-refractivity contribution in [1.82, 2.24) is 10.2 Å². The van der Waals surface area contributed by atoms with Gasteiger partial charge in [-0.25, -0.2) is 4.39 Å². The Kier molecular flexibility index (Phi) is 5.68. The van der Waals surface area contributed by atoms with E-state index in [0.717, 1.165) is 4.88 Å². The van der Waals surface area contributed by atoms with Crippen LogP contribution in [-0.4, -0.2) is 42.5 Å². The molecule has 2 atom stereocenters. The molecule has 0 bridgehead atoms. The molecule has 1 aliphatic rings. The van der Waals surface area contributed by atoms with Gasteiger partial charge < -0.3 is 10.1 Å². The lowest BCUT2D eigenvalue weighted by atomic mass is 10.1. The fourth-order valence-corrected chi connectivity index (χ4v) is 4.16. The van der Waals surface area contributed by atoms with Crippen molar-refractivity contribution in [2.45, 2.75) is 32.0 Å². The Morgan fingerprint density at radius 3 is 2.73 bits per heavy atom. The van der Waals surface area contributed by atoms with Gasteiger partial charge in [-0.05, 0) is 37.6 Å². The van der Waals surface area contributed by atoms with Gasteiger partial charge in [-0.3, -0.25) is 14.5 Å². The number of methoxy groups -OCH3 is 1. The molecule has 0 saturated carbocycles. The predicted molar refractivity (Wildman–Crippen MR) is 97.5 cm³/mol. The van der Waals surface area contributed by atoms with E-state index in [9.17, 15) is 14.0 Å². The number of thiophene rings is 1. The molecule has 1 saturated heterocycles. The molecule has 0 unspecified atom stereocenters. The third-order valence-corrected chi connectivity index (χ3v) is 5.47. The Hall–Kier alpha value is -2.25. The summed E-state index contributed by atoms with van der Waals surface area (Å²) in [6, 6.07) is 9.28.